The lowest BCUT2D eigenvalue weighted by atomic mass is 10.1. The fraction of sp³-hybridized carbons (Fsp3) is 0.417. The van der Waals surface area contributed by atoms with Gasteiger partial charge in [-0.25, -0.2) is 0 Å². The molecular formula is C12H16ClN5. The number of aryl methyl sites for hydroxylation is 3. The topological polar surface area (TPSA) is 69.6 Å². The minimum absolute atomic E-state index is 0.641. The molecule has 0 aliphatic carbocycles. The van der Waals surface area contributed by atoms with Crippen LogP contribution in [-0.2, 0) is 19.4 Å². The van der Waals surface area contributed by atoms with Crippen molar-refractivity contribution >= 4 is 11.6 Å². The summed E-state index contributed by atoms with van der Waals surface area (Å²) in [6.45, 7) is 1.37. The Hall–Kier alpha value is -1.46. The summed E-state index contributed by atoms with van der Waals surface area (Å²) < 4.78 is 0. The molecule has 2 N–H and O–H groups in total. The average molecular weight is 266 g/mol. The highest BCUT2D eigenvalue weighted by Crippen LogP contribution is 2.10. The van der Waals surface area contributed by atoms with Crippen molar-refractivity contribution in [3.8, 4) is 0 Å². The molecule has 0 bridgehead atoms. The Bertz CT molecular complexity index is 479. The van der Waals surface area contributed by atoms with Crippen LogP contribution in [0.3, 0.4) is 0 Å². The molecule has 5 nitrogen and oxygen atoms in total. The molecule has 0 aliphatic rings. The van der Waals surface area contributed by atoms with E-state index < -0.39 is 0 Å². The average Bonchev–Trinajstić information content (AvgIpc) is 2.84. The summed E-state index contributed by atoms with van der Waals surface area (Å²) in [6.07, 6.45) is 2.54. The van der Waals surface area contributed by atoms with Crippen LogP contribution in [0.4, 0.5) is 0 Å². The Labute approximate surface area is 111 Å². The summed E-state index contributed by atoms with van der Waals surface area (Å²) in [7, 11) is 0. The summed E-state index contributed by atoms with van der Waals surface area (Å²) in [5.41, 5.74) is 6.65. The highest BCUT2D eigenvalue weighted by molar-refractivity contribution is 6.30. The molecule has 0 radical (unpaired) electrons. The predicted octanol–water partition coefficient (Wildman–Crippen LogP) is 1.46. The van der Waals surface area contributed by atoms with E-state index in [1.807, 2.05) is 24.3 Å². The van der Waals surface area contributed by atoms with Crippen LogP contribution < -0.4 is 5.73 Å². The van der Waals surface area contributed by atoms with Gasteiger partial charge in [-0.15, -0.1) is 10.2 Å². The summed E-state index contributed by atoms with van der Waals surface area (Å²) in [6, 6.07) is 7.81. The van der Waals surface area contributed by atoms with Gasteiger partial charge in [0.25, 0.3) is 0 Å². The number of halogens is 1. The van der Waals surface area contributed by atoms with Gasteiger partial charge < -0.3 is 5.73 Å². The number of rotatable bonds is 6. The summed E-state index contributed by atoms with van der Waals surface area (Å²) in [4.78, 5) is 1.60. The van der Waals surface area contributed by atoms with Gasteiger partial charge in [0.2, 0.25) is 0 Å². The number of benzene rings is 1. The monoisotopic (exact) mass is 265 g/mol. The van der Waals surface area contributed by atoms with Crippen molar-refractivity contribution in [2.45, 2.75) is 25.8 Å². The van der Waals surface area contributed by atoms with Crippen molar-refractivity contribution in [1.82, 2.24) is 20.2 Å². The van der Waals surface area contributed by atoms with E-state index in [1.165, 1.54) is 5.56 Å². The quantitative estimate of drug-likeness (QED) is 0.859. The molecule has 0 unspecified atom stereocenters. The standard InChI is InChI=1S/C12H16ClN5/c13-11-5-2-10(3-6-11)4-7-12-15-17-18(16-12)9-1-8-14/h2-3,5-6H,1,4,7-9,14H2. The molecule has 0 aliphatic heterocycles. The second-order valence-electron chi connectivity index (χ2n) is 4.07. The fourth-order valence-electron chi connectivity index (χ4n) is 1.61. The Kier molecular flexibility index (Phi) is 4.66. The van der Waals surface area contributed by atoms with E-state index in [-0.39, 0.29) is 0 Å². The first-order valence-corrected chi connectivity index (χ1v) is 6.37. The van der Waals surface area contributed by atoms with Crippen LogP contribution in [-0.4, -0.2) is 26.8 Å². The molecule has 96 valence electrons. The Balaban J connectivity index is 1.86. The van der Waals surface area contributed by atoms with E-state index in [0.717, 1.165) is 36.7 Å². The summed E-state index contributed by atoms with van der Waals surface area (Å²) in [5, 5.41) is 13.0. The third-order valence-electron chi connectivity index (χ3n) is 2.61. The maximum Gasteiger partial charge on any atom is 0.175 e. The molecule has 6 heteroatoms. The van der Waals surface area contributed by atoms with E-state index >= 15 is 0 Å². The van der Waals surface area contributed by atoms with Crippen LogP contribution in [0, 0.1) is 0 Å². The van der Waals surface area contributed by atoms with Crippen molar-refractivity contribution in [2.75, 3.05) is 6.54 Å². The lowest BCUT2D eigenvalue weighted by Crippen LogP contribution is -2.08. The first-order valence-electron chi connectivity index (χ1n) is 5.99. The van der Waals surface area contributed by atoms with Crippen LogP contribution in [0.15, 0.2) is 24.3 Å². The first-order chi connectivity index (χ1) is 8.78. The molecule has 1 aromatic carbocycles. The SMILES string of the molecule is NCCCn1nnc(CCc2ccc(Cl)cc2)n1. The van der Waals surface area contributed by atoms with Crippen LogP contribution in [0.25, 0.3) is 0 Å². The molecule has 2 aromatic rings. The Morgan fingerprint density at radius 2 is 1.94 bits per heavy atom. The number of hydrogen-bond acceptors (Lipinski definition) is 4. The van der Waals surface area contributed by atoms with Crippen molar-refractivity contribution in [3.05, 3.63) is 40.7 Å². The normalized spacial score (nSPS) is 10.8. The molecule has 0 saturated heterocycles. The van der Waals surface area contributed by atoms with Gasteiger partial charge in [0, 0.05) is 11.4 Å². The van der Waals surface area contributed by atoms with E-state index in [0.29, 0.717) is 6.54 Å². The van der Waals surface area contributed by atoms with Crippen molar-refractivity contribution < 1.29 is 0 Å². The molecule has 2 rings (SSSR count). The zero-order valence-electron chi connectivity index (χ0n) is 10.1. The number of nitrogens with two attached hydrogens (primary N) is 1. The fourth-order valence-corrected chi connectivity index (χ4v) is 1.74. The highest BCUT2D eigenvalue weighted by atomic mass is 35.5. The van der Waals surface area contributed by atoms with Gasteiger partial charge in [-0.05, 0) is 42.3 Å². The van der Waals surface area contributed by atoms with E-state index in [1.54, 1.807) is 4.80 Å². The van der Waals surface area contributed by atoms with Gasteiger partial charge in [0.1, 0.15) is 0 Å². The molecular weight excluding hydrogens is 250 g/mol. The molecule has 0 spiro atoms. The number of nitrogens with zero attached hydrogens (tertiary/aromatic N) is 4. The second kappa shape index (κ2) is 6.47. The number of hydrogen-bond donors (Lipinski definition) is 1. The molecule has 0 amide bonds. The van der Waals surface area contributed by atoms with E-state index in [2.05, 4.69) is 15.4 Å². The van der Waals surface area contributed by atoms with Gasteiger partial charge in [-0.2, -0.15) is 4.80 Å². The summed E-state index contributed by atoms with van der Waals surface area (Å²) in [5.74, 6) is 0.766. The highest BCUT2D eigenvalue weighted by Gasteiger charge is 2.03. The first kappa shape index (κ1) is 13.0. The molecule has 0 atom stereocenters. The van der Waals surface area contributed by atoms with Crippen LogP contribution in [0.2, 0.25) is 5.02 Å². The smallest absolute Gasteiger partial charge is 0.175 e. The van der Waals surface area contributed by atoms with Gasteiger partial charge in [-0.3, -0.25) is 0 Å². The minimum atomic E-state index is 0.641. The van der Waals surface area contributed by atoms with Crippen molar-refractivity contribution in [3.63, 3.8) is 0 Å². The lowest BCUT2D eigenvalue weighted by Gasteiger charge is -1.98. The molecule has 1 aromatic heterocycles. The van der Waals surface area contributed by atoms with E-state index in [4.69, 9.17) is 17.3 Å². The van der Waals surface area contributed by atoms with Crippen LogP contribution in [0.1, 0.15) is 17.8 Å². The van der Waals surface area contributed by atoms with Gasteiger partial charge in [0.15, 0.2) is 5.82 Å². The van der Waals surface area contributed by atoms with Crippen LogP contribution in [0.5, 0.6) is 0 Å². The largest absolute Gasteiger partial charge is 0.330 e. The van der Waals surface area contributed by atoms with Gasteiger partial charge in [0.05, 0.1) is 6.54 Å². The maximum absolute atomic E-state index is 5.83. The zero-order chi connectivity index (χ0) is 12.8. The Morgan fingerprint density at radius 1 is 1.17 bits per heavy atom. The number of tetrazole rings is 1. The molecule has 18 heavy (non-hydrogen) atoms. The second-order valence-corrected chi connectivity index (χ2v) is 4.51. The van der Waals surface area contributed by atoms with Crippen molar-refractivity contribution in [2.24, 2.45) is 5.73 Å². The van der Waals surface area contributed by atoms with Crippen LogP contribution >= 0.6 is 11.6 Å². The predicted molar refractivity (Wildman–Crippen MR) is 70.3 cm³/mol. The molecule has 0 saturated carbocycles. The van der Waals surface area contributed by atoms with Gasteiger partial charge >= 0.3 is 0 Å². The third kappa shape index (κ3) is 3.78. The van der Waals surface area contributed by atoms with Gasteiger partial charge in [-0.1, -0.05) is 23.7 Å². The maximum atomic E-state index is 5.83. The molecule has 0 fully saturated rings. The van der Waals surface area contributed by atoms with E-state index in [9.17, 15) is 0 Å². The van der Waals surface area contributed by atoms with Crippen molar-refractivity contribution in [1.29, 1.82) is 0 Å². The lowest BCUT2D eigenvalue weighted by molar-refractivity contribution is 0.502. The third-order valence-corrected chi connectivity index (χ3v) is 2.86. The Morgan fingerprint density at radius 3 is 2.67 bits per heavy atom. The minimum Gasteiger partial charge on any atom is -0.330 e. The molecule has 1 heterocycles. The summed E-state index contributed by atoms with van der Waals surface area (Å²) >= 11 is 5.83. The number of aromatic nitrogens is 4. The zero-order valence-corrected chi connectivity index (χ0v) is 10.8.